The highest BCUT2D eigenvalue weighted by molar-refractivity contribution is 6.49. The van der Waals surface area contributed by atoms with Crippen LogP contribution in [0.15, 0.2) is 60.0 Å². The minimum Gasteiger partial charge on any atom is -0.356 e. The van der Waals surface area contributed by atoms with Gasteiger partial charge in [0.05, 0.1) is 11.9 Å². The zero-order valence-electron chi connectivity index (χ0n) is 21.2. The molecule has 1 aromatic carbocycles. The summed E-state index contributed by atoms with van der Waals surface area (Å²) in [6.45, 7) is 3.94. The van der Waals surface area contributed by atoms with Crippen molar-refractivity contribution in [1.82, 2.24) is 14.9 Å². The van der Waals surface area contributed by atoms with Gasteiger partial charge in [-0.1, -0.05) is 12.1 Å². The number of nitrogens with zero attached hydrogens (tertiary/aromatic N) is 5. The Bertz CT molecular complexity index is 1360. The molecule has 0 aliphatic carbocycles. The number of fused-ring (bicyclic) bond motifs is 1. The molecule has 0 spiro atoms. The average molecular weight is 517 g/mol. The van der Waals surface area contributed by atoms with E-state index in [0.29, 0.717) is 37.6 Å². The van der Waals surface area contributed by atoms with Gasteiger partial charge in [0.2, 0.25) is 0 Å². The van der Waals surface area contributed by atoms with Crippen LogP contribution in [-0.4, -0.2) is 65.1 Å². The Labute approximate surface area is 220 Å². The second kappa shape index (κ2) is 10.2. The Morgan fingerprint density at radius 1 is 0.974 bits per heavy atom. The van der Waals surface area contributed by atoms with Gasteiger partial charge in [-0.05, 0) is 53.8 Å². The molecule has 3 aliphatic rings. The third-order valence-electron chi connectivity index (χ3n) is 7.54. The predicted octanol–water partition coefficient (Wildman–Crippen LogP) is 4.57. The molecular formula is C29H30F2N6O. The van der Waals surface area contributed by atoms with Gasteiger partial charge in [0.25, 0.3) is 11.8 Å². The lowest BCUT2D eigenvalue weighted by atomic mass is 9.92. The normalized spacial score (nSPS) is 18.8. The fourth-order valence-electron chi connectivity index (χ4n) is 5.17. The number of alkyl halides is 2. The number of hydrogen-bond donors (Lipinski definition) is 1. The van der Waals surface area contributed by atoms with Crippen molar-refractivity contribution >= 4 is 23.1 Å². The largest absolute Gasteiger partial charge is 0.356 e. The number of likely N-dealkylation sites (tertiary alicyclic amines) is 1. The lowest BCUT2D eigenvalue weighted by molar-refractivity contribution is -0.110. The van der Waals surface area contributed by atoms with E-state index in [9.17, 15) is 13.6 Å². The topological polar surface area (TPSA) is 73.7 Å². The number of piperidine rings is 1. The van der Waals surface area contributed by atoms with Crippen LogP contribution in [-0.2, 0) is 17.8 Å². The van der Waals surface area contributed by atoms with Crippen molar-refractivity contribution in [3.05, 3.63) is 71.7 Å². The van der Waals surface area contributed by atoms with E-state index < -0.39 is 5.92 Å². The highest BCUT2D eigenvalue weighted by Crippen LogP contribution is 2.30. The monoisotopic (exact) mass is 516 g/mol. The number of aliphatic imine (C=N–C) groups is 1. The number of nitrogens with one attached hydrogen (secondary N) is 1. The highest BCUT2D eigenvalue weighted by atomic mass is 19.3. The van der Waals surface area contributed by atoms with Crippen molar-refractivity contribution in [2.24, 2.45) is 4.99 Å². The molecule has 196 valence electrons. The van der Waals surface area contributed by atoms with E-state index in [4.69, 9.17) is 0 Å². The summed E-state index contributed by atoms with van der Waals surface area (Å²) in [4.78, 5) is 30.9. The minimum absolute atomic E-state index is 0.103. The first kappa shape index (κ1) is 24.6. The Hall–Kier alpha value is -3.72. The molecule has 2 aromatic heterocycles. The number of benzene rings is 1. The molecule has 5 heterocycles. The number of hydrogen-bond acceptors (Lipinski definition) is 6. The zero-order valence-corrected chi connectivity index (χ0v) is 21.2. The molecule has 3 aliphatic heterocycles. The first-order valence-corrected chi connectivity index (χ1v) is 13.2. The van der Waals surface area contributed by atoms with E-state index in [1.165, 1.54) is 6.42 Å². The van der Waals surface area contributed by atoms with Gasteiger partial charge < -0.3 is 10.2 Å². The summed E-state index contributed by atoms with van der Waals surface area (Å²) in [6.07, 6.45) is 7.02. The molecule has 1 N–H and O–H groups in total. The van der Waals surface area contributed by atoms with Crippen LogP contribution in [0.1, 0.15) is 36.0 Å². The fraction of sp³-hybridized carbons (Fsp3) is 0.379. The summed E-state index contributed by atoms with van der Waals surface area (Å²) in [7, 11) is 0. The van der Waals surface area contributed by atoms with Gasteiger partial charge >= 0.3 is 0 Å². The predicted molar refractivity (Wildman–Crippen MR) is 144 cm³/mol. The van der Waals surface area contributed by atoms with E-state index in [1.54, 1.807) is 18.6 Å². The molecule has 9 heteroatoms. The first-order valence-electron chi connectivity index (χ1n) is 13.2. The molecule has 0 unspecified atom stereocenters. The number of pyridine rings is 2. The van der Waals surface area contributed by atoms with Crippen LogP contribution in [0.3, 0.4) is 0 Å². The molecule has 0 radical (unpaired) electrons. The van der Waals surface area contributed by atoms with Crippen molar-refractivity contribution in [2.75, 3.05) is 42.9 Å². The van der Waals surface area contributed by atoms with Crippen molar-refractivity contribution in [3.63, 3.8) is 0 Å². The van der Waals surface area contributed by atoms with Crippen molar-refractivity contribution in [3.8, 4) is 11.1 Å². The lowest BCUT2D eigenvalue weighted by Crippen LogP contribution is -2.38. The maximum absolute atomic E-state index is 13.5. The Balaban J connectivity index is 1.18. The van der Waals surface area contributed by atoms with Gasteiger partial charge in [0.1, 0.15) is 11.5 Å². The summed E-state index contributed by atoms with van der Waals surface area (Å²) >= 11 is 0. The van der Waals surface area contributed by atoms with Gasteiger partial charge in [-0.25, -0.2) is 13.8 Å². The molecule has 0 bridgehead atoms. The number of carbonyl (C=O) groups excluding carboxylic acids is 1. The van der Waals surface area contributed by atoms with E-state index in [2.05, 4.69) is 31.2 Å². The lowest BCUT2D eigenvalue weighted by Gasteiger charge is -2.31. The molecular weight excluding hydrogens is 486 g/mol. The van der Waals surface area contributed by atoms with Crippen LogP contribution in [0.2, 0.25) is 0 Å². The third-order valence-corrected chi connectivity index (χ3v) is 7.54. The minimum atomic E-state index is -2.56. The van der Waals surface area contributed by atoms with Crippen LogP contribution < -0.4 is 10.2 Å². The van der Waals surface area contributed by atoms with Crippen molar-refractivity contribution < 1.29 is 13.6 Å². The van der Waals surface area contributed by atoms with E-state index >= 15 is 0 Å². The Kier molecular flexibility index (Phi) is 6.61. The van der Waals surface area contributed by atoms with Gasteiger partial charge in [-0.3, -0.25) is 19.7 Å². The first-order chi connectivity index (χ1) is 18.4. The SMILES string of the molecule is O=C(Nc1ccc(N2CCC2)nc1)C1=NCCc2ccc(-c3cncc(CN4CCC(F)(F)CC4)c3)cc21. The van der Waals surface area contributed by atoms with E-state index in [0.717, 1.165) is 53.1 Å². The number of carbonyl (C=O) groups is 1. The second-order valence-corrected chi connectivity index (χ2v) is 10.3. The number of amides is 1. The van der Waals surface area contributed by atoms with Gasteiger partial charge in [-0.15, -0.1) is 0 Å². The number of anilines is 2. The summed E-state index contributed by atoms with van der Waals surface area (Å²) in [5, 5.41) is 2.95. The number of rotatable bonds is 6. The summed E-state index contributed by atoms with van der Waals surface area (Å²) in [6, 6.07) is 11.9. The average Bonchev–Trinajstić information content (AvgIpc) is 2.89. The third kappa shape index (κ3) is 5.29. The maximum Gasteiger partial charge on any atom is 0.274 e. The standard InChI is InChI=1S/C29H30F2N6O/c30-29(31)7-12-36(13-8-29)19-20-14-23(17-32-16-20)22-3-2-21-6-9-33-27(25(21)15-22)28(38)35-24-4-5-26(34-18-24)37-10-1-11-37/h2-5,14-18H,1,6-13,19H2,(H,35,38). The van der Waals surface area contributed by atoms with Crippen LogP contribution in [0.4, 0.5) is 20.3 Å². The van der Waals surface area contributed by atoms with Crippen molar-refractivity contribution in [2.45, 2.75) is 38.2 Å². The van der Waals surface area contributed by atoms with Crippen LogP contribution in [0, 0.1) is 0 Å². The number of aromatic nitrogens is 2. The summed E-state index contributed by atoms with van der Waals surface area (Å²) < 4.78 is 27.1. The van der Waals surface area contributed by atoms with Crippen LogP contribution in [0.25, 0.3) is 11.1 Å². The van der Waals surface area contributed by atoms with E-state index in [-0.39, 0.29) is 18.7 Å². The fourth-order valence-corrected chi connectivity index (χ4v) is 5.17. The molecule has 2 fully saturated rings. The molecule has 0 saturated carbocycles. The molecule has 7 nitrogen and oxygen atoms in total. The molecule has 2 saturated heterocycles. The van der Waals surface area contributed by atoms with Gasteiger partial charge in [0.15, 0.2) is 0 Å². The summed E-state index contributed by atoms with van der Waals surface area (Å²) in [5.74, 6) is -1.89. The smallest absolute Gasteiger partial charge is 0.274 e. The molecule has 0 atom stereocenters. The molecule has 38 heavy (non-hydrogen) atoms. The Morgan fingerprint density at radius 2 is 1.82 bits per heavy atom. The van der Waals surface area contributed by atoms with Crippen LogP contribution >= 0.6 is 0 Å². The van der Waals surface area contributed by atoms with Gasteiger partial charge in [0, 0.05) is 75.6 Å². The second-order valence-electron chi connectivity index (χ2n) is 10.3. The quantitative estimate of drug-likeness (QED) is 0.520. The molecule has 1 amide bonds. The van der Waals surface area contributed by atoms with Crippen LogP contribution in [0.5, 0.6) is 0 Å². The molecule has 3 aromatic rings. The Morgan fingerprint density at radius 3 is 2.55 bits per heavy atom. The number of halogens is 2. The van der Waals surface area contributed by atoms with E-state index in [1.807, 2.05) is 35.2 Å². The van der Waals surface area contributed by atoms with Crippen molar-refractivity contribution in [1.29, 1.82) is 0 Å². The highest BCUT2D eigenvalue weighted by Gasteiger charge is 2.33. The zero-order chi connectivity index (χ0) is 26.1. The maximum atomic E-state index is 13.5. The summed E-state index contributed by atoms with van der Waals surface area (Å²) in [5.41, 5.74) is 5.79. The molecule has 6 rings (SSSR count). The van der Waals surface area contributed by atoms with Gasteiger partial charge in [-0.2, -0.15) is 0 Å².